The molecule has 1 aromatic rings. The van der Waals surface area contributed by atoms with Crippen molar-refractivity contribution in [2.45, 2.75) is 31.7 Å². The minimum absolute atomic E-state index is 0.0252. The zero-order valence-corrected chi connectivity index (χ0v) is 12.1. The van der Waals surface area contributed by atoms with Crippen molar-refractivity contribution in [3.63, 3.8) is 0 Å². The Morgan fingerprint density at radius 2 is 2.11 bits per heavy atom. The fourth-order valence-corrected chi connectivity index (χ4v) is 2.70. The highest BCUT2D eigenvalue weighted by atomic mass is 35.5. The number of hydrogen-bond acceptors (Lipinski definition) is 4. The molecule has 1 aromatic heterocycles. The van der Waals surface area contributed by atoms with Crippen molar-refractivity contribution in [2.75, 3.05) is 12.4 Å². The van der Waals surface area contributed by atoms with E-state index in [2.05, 4.69) is 20.6 Å². The highest BCUT2D eigenvalue weighted by Crippen LogP contribution is 2.29. The van der Waals surface area contributed by atoms with Crippen molar-refractivity contribution in [1.82, 2.24) is 15.3 Å². The van der Waals surface area contributed by atoms with Crippen LogP contribution in [0.5, 0.6) is 0 Å². The second-order valence-electron chi connectivity index (χ2n) is 4.59. The SMILES string of the molecule is CNC(=O)[C@@H]1CCCC[C@@H]1Nc1nc(Cl)ncc1Cl. The van der Waals surface area contributed by atoms with Gasteiger partial charge in [0.25, 0.3) is 0 Å². The summed E-state index contributed by atoms with van der Waals surface area (Å²) in [6.07, 6.45) is 5.39. The molecule has 1 aliphatic rings. The van der Waals surface area contributed by atoms with Gasteiger partial charge in [0.1, 0.15) is 10.8 Å². The smallest absolute Gasteiger partial charge is 0.224 e. The van der Waals surface area contributed by atoms with E-state index in [4.69, 9.17) is 23.2 Å². The Labute approximate surface area is 122 Å². The first-order valence-corrected chi connectivity index (χ1v) is 7.03. The summed E-state index contributed by atoms with van der Waals surface area (Å²) in [6.45, 7) is 0. The number of nitrogens with zero attached hydrogens (tertiary/aromatic N) is 2. The van der Waals surface area contributed by atoms with Gasteiger partial charge in [0, 0.05) is 13.1 Å². The van der Waals surface area contributed by atoms with Gasteiger partial charge in [-0.1, -0.05) is 24.4 Å². The molecule has 0 spiro atoms. The van der Waals surface area contributed by atoms with Gasteiger partial charge in [-0.2, -0.15) is 4.98 Å². The van der Waals surface area contributed by atoms with Crippen molar-refractivity contribution in [3.05, 3.63) is 16.5 Å². The molecule has 1 heterocycles. The molecule has 0 aromatic carbocycles. The molecule has 1 amide bonds. The van der Waals surface area contributed by atoms with Crippen LogP contribution in [-0.4, -0.2) is 29.0 Å². The average Bonchev–Trinajstić information content (AvgIpc) is 2.42. The summed E-state index contributed by atoms with van der Waals surface area (Å²) < 4.78 is 0. The summed E-state index contributed by atoms with van der Waals surface area (Å²) in [5.74, 6) is 0.472. The van der Waals surface area contributed by atoms with E-state index < -0.39 is 0 Å². The van der Waals surface area contributed by atoms with Crippen molar-refractivity contribution in [2.24, 2.45) is 5.92 Å². The van der Waals surface area contributed by atoms with Crippen LogP contribution in [-0.2, 0) is 4.79 Å². The minimum atomic E-state index is -0.0662. The number of amides is 1. The second kappa shape index (κ2) is 6.39. The zero-order chi connectivity index (χ0) is 13.8. The van der Waals surface area contributed by atoms with Gasteiger partial charge in [-0.15, -0.1) is 0 Å². The number of carbonyl (C=O) groups excluding carboxylic acids is 1. The van der Waals surface area contributed by atoms with Crippen molar-refractivity contribution in [1.29, 1.82) is 0 Å². The molecule has 0 bridgehead atoms. The lowest BCUT2D eigenvalue weighted by Gasteiger charge is -2.31. The maximum Gasteiger partial charge on any atom is 0.224 e. The normalized spacial score (nSPS) is 22.9. The monoisotopic (exact) mass is 302 g/mol. The van der Waals surface area contributed by atoms with Crippen LogP contribution in [0.4, 0.5) is 5.82 Å². The quantitative estimate of drug-likeness (QED) is 0.842. The fourth-order valence-electron chi connectivity index (χ4n) is 2.43. The third-order valence-corrected chi connectivity index (χ3v) is 3.84. The van der Waals surface area contributed by atoms with Crippen molar-refractivity contribution < 1.29 is 4.79 Å². The molecule has 2 N–H and O–H groups in total. The molecule has 2 rings (SSSR count). The zero-order valence-electron chi connectivity index (χ0n) is 10.6. The summed E-state index contributed by atoms with van der Waals surface area (Å²) in [4.78, 5) is 19.7. The van der Waals surface area contributed by atoms with Crippen molar-refractivity contribution >= 4 is 34.9 Å². The van der Waals surface area contributed by atoms with Gasteiger partial charge in [-0.25, -0.2) is 4.98 Å². The van der Waals surface area contributed by atoms with E-state index >= 15 is 0 Å². The number of halogens is 2. The molecule has 104 valence electrons. The highest BCUT2D eigenvalue weighted by molar-refractivity contribution is 6.33. The van der Waals surface area contributed by atoms with Gasteiger partial charge in [0.15, 0.2) is 0 Å². The van der Waals surface area contributed by atoms with E-state index in [-0.39, 0.29) is 23.2 Å². The van der Waals surface area contributed by atoms with Gasteiger partial charge in [0.2, 0.25) is 11.2 Å². The van der Waals surface area contributed by atoms with E-state index in [1.807, 2.05) is 0 Å². The van der Waals surface area contributed by atoms with E-state index in [1.165, 1.54) is 6.20 Å². The molecular formula is C12H16Cl2N4O. The molecule has 1 saturated carbocycles. The summed E-state index contributed by atoms with van der Waals surface area (Å²) >= 11 is 11.8. The molecule has 5 nitrogen and oxygen atoms in total. The lowest BCUT2D eigenvalue weighted by Crippen LogP contribution is -2.42. The van der Waals surface area contributed by atoms with Crippen LogP contribution in [0.15, 0.2) is 6.20 Å². The minimum Gasteiger partial charge on any atom is -0.365 e. The number of hydrogen-bond donors (Lipinski definition) is 2. The van der Waals surface area contributed by atoms with E-state index in [0.717, 1.165) is 25.7 Å². The first-order valence-electron chi connectivity index (χ1n) is 6.28. The summed E-state index contributed by atoms with van der Waals surface area (Å²) in [7, 11) is 1.66. The number of nitrogens with one attached hydrogen (secondary N) is 2. The van der Waals surface area contributed by atoms with Crippen LogP contribution >= 0.6 is 23.2 Å². The van der Waals surface area contributed by atoms with Crippen LogP contribution < -0.4 is 10.6 Å². The Hall–Kier alpha value is -1.07. The fraction of sp³-hybridized carbons (Fsp3) is 0.583. The Morgan fingerprint density at radius 3 is 2.84 bits per heavy atom. The predicted molar refractivity (Wildman–Crippen MR) is 75.5 cm³/mol. The largest absolute Gasteiger partial charge is 0.365 e. The Kier molecular flexibility index (Phi) is 4.82. The third-order valence-electron chi connectivity index (χ3n) is 3.39. The summed E-state index contributed by atoms with van der Waals surface area (Å²) in [5.41, 5.74) is 0. The maximum atomic E-state index is 11.9. The first-order chi connectivity index (χ1) is 9.11. The molecular weight excluding hydrogens is 287 g/mol. The number of aromatic nitrogens is 2. The summed E-state index contributed by atoms with van der Waals surface area (Å²) in [5, 5.41) is 6.48. The molecule has 1 fully saturated rings. The third kappa shape index (κ3) is 3.48. The number of rotatable bonds is 3. The lowest BCUT2D eigenvalue weighted by atomic mass is 9.84. The Morgan fingerprint density at radius 1 is 1.37 bits per heavy atom. The highest BCUT2D eigenvalue weighted by Gasteiger charge is 2.30. The second-order valence-corrected chi connectivity index (χ2v) is 5.34. The van der Waals surface area contributed by atoms with Crippen molar-refractivity contribution in [3.8, 4) is 0 Å². The predicted octanol–water partition coefficient (Wildman–Crippen LogP) is 2.50. The molecule has 7 heteroatoms. The van der Waals surface area contributed by atoms with Gasteiger partial charge in [-0.05, 0) is 24.4 Å². The number of anilines is 1. The van der Waals surface area contributed by atoms with Crippen LogP contribution in [0, 0.1) is 5.92 Å². The van der Waals surface area contributed by atoms with Crippen LogP contribution in [0.2, 0.25) is 10.3 Å². The van der Waals surface area contributed by atoms with Gasteiger partial charge in [0.05, 0.1) is 12.1 Å². The maximum absolute atomic E-state index is 11.9. The van der Waals surface area contributed by atoms with E-state index in [1.54, 1.807) is 7.05 Å². The topological polar surface area (TPSA) is 66.9 Å². The van der Waals surface area contributed by atoms with Gasteiger partial charge < -0.3 is 10.6 Å². The molecule has 0 saturated heterocycles. The molecule has 1 aliphatic carbocycles. The van der Waals surface area contributed by atoms with Gasteiger partial charge in [-0.3, -0.25) is 4.79 Å². The Bertz CT molecular complexity index is 469. The van der Waals surface area contributed by atoms with Crippen LogP contribution in [0.1, 0.15) is 25.7 Å². The van der Waals surface area contributed by atoms with Gasteiger partial charge >= 0.3 is 0 Å². The molecule has 2 atom stereocenters. The number of carbonyl (C=O) groups is 1. The molecule has 19 heavy (non-hydrogen) atoms. The van der Waals surface area contributed by atoms with E-state index in [0.29, 0.717) is 10.8 Å². The molecule has 0 aliphatic heterocycles. The average molecular weight is 303 g/mol. The van der Waals surface area contributed by atoms with Crippen LogP contribution in [0.3, 0.4) is 0 Å². The first kappa shape index (κ1) is 14.3. The lowest BCUT2D eigenvalue weighted by molar-refractivity contribution is -0.125. The van der Waals surface area contributed by atoms with Crippen LogP contribution in [0.25, 0.3) is 0 Å². The molecule has 0 unspecified atom stereocenters. The summed E-state index contributed by atoms with van der Waals surface area (Å²) in [6, 6.07) is 0.0252. The standard InChI is InChI=1S/C12H16Cl2N4O/c1-15-11(19)7-4-2-3-5-9(7)17-10-8(13)6-16-12(14)18-10/h6-7,9H,2-5H2,1H3,(H,15,19)(H,16,17,18)/t7-,9+/m1/s1. The molecule has 0 radical (unpaired) electrons. The van der Waals surface area contributed by atoms with E-state index in [9.17, 15) is 4.79 Å². The Balaban J connectivity index is 2.15.